The van der Waals surface area contributed by atoms with Gasteiger partial charge in [0.05, 0.1) is 0 Å². The van der Waals surface area contributed by atoms with Crippen LogP contribution in [0, 0.1) is 0 Å². The minimum absolute atomic E-state index is 1.24. The summed E-state index contributed by atoms with van der Waals surface area (Å²) in [6.45, 7) is 0. The van der Waals surface area contributed by atoms with E-state index >= 15 is 0 Å². The highest BCUT2D eigenvalue weighted by molar-refractivity contribution is 7.30. The zero-order valence-electron chi connectivity index (χ0n) is 29.1. The van der Waals surface area contributed by atoms with Crippen molar-refractivity contribution < 1.29 is 0 Å². The van der Waals surface area contributed by atoms with Crippen molar-refractivity contribution in [2.45, 2.75) is 0 Å². The van der Waals surface area contributed by atoms with E-state index in [1.807, 2.05) is 22.7 Å². The predicted octanol–water partition coefficient (Wildman–Crippen LogP) is 16.0. The van der Waals surface area contributed by atoms with E-state index in [-0.39, 0.29) is 0 Å². The Labute approximate surface area is 319 Å². The lowest BCUT2D eigenvalue weighted by Gasteiger charge is -2.20. The summed E-state index contributed by atoms with van der Waals surface area (Å²) in [5.41, 5.74) is 7.71. The first-order valence-corrected chi connectivity index (χ1v) is 20.1. The van der Waals surface area contributed by atoms with E-state index in [4.69, 9.17) is 0 Å². The van der Waals surface area contributed by atoms with Crippen LogP contribution in [0.5, 0.6) is 0 Å². The molecule has 0 aliphatic heterocycles. The summed E-state index contributed by atoms with van der Waals surface area (Å²) >= 11 is 3.87. The van der Waals surface area contributed by atoms with Crippen LogP contribution >= 0.6 is 22.7 Å². The Kier molecular flexibility index (Phi) is 6.48. The standard InChI is InChI=1S/C52H30S2/c1-2-14-31(15-3-1)47-37-21-8-10-23-39(37)48(40-24-11-9-22-38(40)47)41-26-27-42(35-19-7-6-18-34(35)41)49-33-17-5-4-16-32(33)30-44-50-46(54-52(44)49)29-28-43-36-20-12-13-25-45(36)53-51(43)50/h1-30H. The third-order valence-electron chi connectivity index (χ3n) is 11.4. The van der Waals surface area contributed by atoms with Crippen molar-refractivity contribution in [2.75, 3.05) is 0 Å². The van der Waals surface area contributed by atoms with Crippen LogP contribution in [0.15, 0.2) is 182 Å². The smallest absolute Gasteiger partial charge is 0.0448 e. The average molecular weight is 719 g/mol. The summed E-state index contributed by atoms with van der Waals surface area (Å²) in [4.78, 5) is 0. The Hall–Kier alpha value is -6.32. The molecule has 0 nitrogen and oxygen atoms in total. The second-order valence-electron chi connectivity index (χ2n) is 14.3. The van der Waals surface area contributed by atoms with Gasteiger partial charge >= 0.3 is 0 Å². The Morgan fingerprint density at radius 2 is 0.796 bits per heavy atom. The molecule has 10 aromatic carbocycles. The largest absolute Gasteiger partial charge is 0.134 e. The van der Waals surface area contributed by atoms with Gasteiger partial charge in [-0.15, -0.1) is 22.7 Å². The highest BCUT2D eigenvalue weighted by Crippen LogP contribution is 2.51. The molecule has 12 aromatic rings. The highest BCUT2D eigenvalue weighted by atomic mass is 32.1. The summed E-state index contributed by atoms with van der Waals surface area (Å²) in [7, 11) is 0. The SMILES string of the molecule is c1ccc(-c2c3ccccc3c(-c3ccc(-c4c5ccccc5cc5c4sc4ccc6c7ccccc7sc6c45)c4ccccc34)c3ccccc23)cc1. The van der Waals surface area contributed by atoms with Crippen molar-refractivity contribution >= 4 is 106 Å². The summed E-state index contributed by atoms with van der Waals surface area (Å²) in [5, 5.41) is 15.7. The molecule has 2 aromatic heterocycles. The molecule has 2 heterocycles. The minimum atomic E-state index is 1.24. The maximum Gasteiger partial charge on any atom is 0.0448 e. The van der Waals surface area contributed by atoms with E-state index in [0.29, 0.717) is 0 Å². The van der Waals surface area contributed by atoms with E-state index in [9.17, 15) is 0 Å². The molecule has 0 bridgehead atoms. The van der Waals surface area contributed by atoms with E-state index in [1.165, 1.54) is 117 Å². The molecule has 2 heteroatoms. The molecule has 0 aliphatic carbocycles. The quantitative estimate of drug-likeness (QED) is 0.160. The molecule has 12 rings (SSSR count). The van der Waals surface area contributed by atoms with Gasteiger partial charge in [-0.2, -0.15) is 0 Å². The summed E-state index contributed by atoms with van der Waals surface area (Å²) in [5.74, 6) is 0. The summed E-state index contributed by atoms with van der Waals surface area (Å²) in [6, 6.07) is 67.7. The van der Waals surface area contributed by atoms with Crippen LogP contribution in [0.1, 0.15) is 0 Å². The molecule has 250 valence electrons. The molecular weight excluding hydrogens is 689 g/mol. The van der Waals surface area contributed by atoms with E-state index in [1.54, 1.807) is 0 Å². The van der Waals surface area contributed by atoms with Crippen molar-refractivity contribution in [3.05, 3.63) is 182 Å². The molecule has 0 unspecified atom stereocenters. The monoisotopic (exact) mass is 718 g/mol. The van der Waals surface area contributed by atoms with Crippen LogP contribution in [0.25, 0.3) is 117 Å². The third-order valence-corrected chi connectivity index (χ3v) is 13.8. The third kappa shape index (κ3) is 4.24. The first-order chi connectivity index (χ1) is 26.8. The van der Waals surface area contributed by atoms with Gasteiger partial charge in [-0.25, -0.2) is 0 Å². The Balaban J connectivity index is 1.19. The summed E-state index contributed by atoms with van der Waals surface area (Å²) in [6.07, 6.45) is 0. The number of hydrogen-bond donors (Lipinski definition) is 0. The Bertz CT molecular complexity index is 3430. The van der Waals surface area contributed by atoms with Gasteiger partial charge in [-0.1, -0.05) is 164 Å². The first kappa shape index (κ1) is 30.2. The van der Waals surface area contributed by atoms with Gasteiger partial charge in [-0.3, -0.25) is 0 Å². The van der Waals surface area contributed by atoms with E-state index in [2.05, 4.69) is 182 Å². The number of hydrogen-bond acceptors (Lipinski definition) is 2. The van der Waals surface area contributed by atoms with E-state index < -0.39 is 0 Å². The molecule has 0 N–H and O–H groups in total. The zero-order chi connectivity index (χ0) is 35.3. The molecule has 0 atom stereocenters. The number of benzene rings is 10. The average Bonchev–Trinajstić information content (AvgIpc) is 3.80. The molecule has 0 aliphatic rings. The number of rotatable bonds is 3. The maximum absolute atomic E-state index is 2.44. The van der Waals surface area contributed by atoms with Crippen molar-refractivity contribution in [1.82, 2.24) is 0 Å². The summed E-state index contributed by atoms with van der Waals surface area (Å²) < 4.78 is 5.44. The molecule has 0 radical (unpaired) electrons. The van der Waals surface area contributed by atoms with Gasteiger partial charge in [0.25, 0.3) is 0 Å². The Morgan fingerprint density at radius 1 is 0.278 bits per heavy atom. The molecular formula is C52H30S2. The lowest BCUT2D eigenvalue weighted by Crippen LogP contribution is -1.92. The molecule has 0 fully saturated rings. The van der Waals surface area contributed by atoms with Crippen LogP contribution in [0.3, 0.4) is 0 Å². The fourth-order valence-corrected chi connectivity index (χ4v) is 11.8. The van der Waals surface area contributed by atoms with E-state index in [0.717, 1.165) is 0 Å². The van der Waals surface area contributed by atoms with Gasteiger partial charge in [0.1, 0.15) is 0 Å². The van der Waals surface area contributed by atoms with Gasteiger partial charge < -0.3 is 0 Å². The van der Waals surface area contributed by atoms with Gasteiger partial charge in [0.15, 0.2) is 0 Å². The van der Waals surface area contributed by atoms with Crippen molar-refractivity contribution in [3.8, 4) is 33.4 Å². The van der Waals surface area contributed by atoms with Crippen LogP contribution in [-0.2, 0) is 0 Å². The second kappa shape index (κ2) is 11.6. The van der Waals surface area contributed by atoms with Crippen molar-refractivity contribution in [2.24, 2.45) is 0 Å². The minimum Gasteiger partial charge on any atom is -0.134 e. The molecule has 0 saturated carbocycles. The second-order valence-corrected chi connectivity index (χ2v) is 16.4. The molecule has 54 heavy (non-hydrogen) atoms. The maximum atomic E-state index is 2.44. The lowest BCUT2D eigenvalue weighted by atomic mass is 9.83. The van der Waals surface area contributed by atoms with Crippen LogP contribution in [-0.4, -0.2) is 0 Å². The normalized spacial score (nSPS) is 12.1. The predicted molar refractivity (Wildman–Crippen MR) is 239 cm³/mol. The molecule has 0 amide bonds. The number of fused-ring (bicyclic) bond motifs is 11. The first-order valence-electron chi connectivity index (χ1n) is 18.5. The van der Waals surface area contributed by atoms with Crippen LogP contribution < -0.4 is 0 Å². The number of thiophene rings is 2. The van der Waals surface area contributed by atoms with Crippen molar-refractivity contribution in [1.29, 1.82) is 0 Å². The van der Waals surface area contributed by atoms with Gasteiger partial charge in [0, 0.05) is 45.9 Å². The fourth-order valence-electron chi connectivity index (χ4n) is 9.18. The lowest BCUT2D eigenvalue weighted by molar-refractivity contribution is 1.66. The van der Waals surface area contributed by atoms with Crippen LogP contribution in [0.4, 0.5) is 0 Å². The topological polar surface area (TPSA) is 0 Å². The van der Waals surface area contributed by atoms with Crippen LogP contribution in [0.2, 0.25) is 0 Å². The van der Waals surface area contributed by atoms with Crippen molar-refractivity contribution in [3.63, 3.8) is 0 Å². The Morgan fingerprint density at radius 3 is 1.48 bits per heavy atom. The molecule has 0 spiro atoms. The van der Waals surface area contributed by atoms with Gasteiger partial charge in [-0.05, 0) is 89.1 Å². The van der Waals surface area contributed by atoms with Gasteiger partial charge in [0.2, 0.25) is 0 Å². The zero-order valence-corrected chi connectivity index (χ0v) is 30.8. The fraction of sp³-hybridized carbons (Fsp3) is 0. The molecule has 0 saturated heterocycles. The highest BCUT2D eigenvalue weighted by Gasteiger charge is 2.22.